The summed E-state index contributed by atoms with van der Waals surface area (Å²) >= 11 is 3.31. The lowest BCUT2D eigenvalue weighted by Gasteiger charge is -2.51. The Labute approximate surface area is 120 Å². The summed E-state index contributed by atoms with van der Waals surface area (Å²) in [4.78, 5) is 10.6. The van der Waals surface area contributed by atoms with Crippen molar-refractivity contribution in [1.82, 2.24) is 0 Å². The molecule has 1 saturated carbocycles. The normalized spacial score (nSPS) is 29.7. The van der Waals surface area contributed by atoms with Gasteiger partial charge in [-0.1, -0.05) is 19.9 Å². The highest BCUT2D eigenvalue weighted by molar-refractivity contribution is 9.10. The Morgan fingerprint density at radius 2 is 2.32 bits per heavy atom. The van der Waals surface area contributed by atoms with Gasteiger partial charge in [0.15, 0.2) is 0 Å². The van der Waals surface area contributed by atoms with Gasteiger partial charge in [-0.25, -0.2) is 0 Å². The van der Waals surface area contributed by atoms with Crippen molar-refractivity contribution in [1.29, 1.82) is 0 Å². The van der Waals surface area contributed by atoms with Gasteiger partial charge in [0.05, 0.1) is 9.40 Å². The van der Waals surface area contributed by atoms with Gasteiger partial charge in [0.1, 0.15) is 6.10 Å². The van der Waals surface area contributed by atoms with Gasteiger partial charge in [-0.3, -0.25) is 10.1 Å². The van der Waals surface area contributed by atoms with Gasteiger partial charge in [0.25, 0.3) is 0 Å². The molecular formula is C13H17BrN2O3. The van der Waals surface area contributed by atoms with Crippen molar-refractivity contribution >= 4 is 21.6 Å². The molecule has 3 atom stereocenters. The van der Waals surface area contributed by atoms with Gasteiger partial charge in [-0.2, -0.15) is 0 Å². The quantitative estimate of drug-likeness (QED) is 0.679. The van der Waals surface area contributed by atoms with E-state index in [1.807, 2.05) is 0 Å². The number of ether oxygens (including phenoxy) is 1. The molecule has 1 fully saturated rings. The van der Waals surface area contributed by atoms with Crippen molar-refractivity contribution in [2.75, 3.05) is 0 Å². The molecule has 1 aliphatic carbocycles. The molecule has 0 radical (unpaired) electrons. The van der Waals surface area contributed by atoms with Crippen LogP contribution in [0.2, 0.25) is 0 Å². The first-order chi connectivity index (χ1) is 8.90. The number of hydrogen-bond donors (Lipinski definition) is 1. The van der Waals surface area contributed by atoms with Crippen molar-refractivity contribution < 1.29 is 9.66 Å². The predicted octanol–water partition coefficient (Wildman–Crippen LogP) is 3.25. The van der Waals surface area contributed by atoms with Crippen molar-refractivity contribution in [3.8, 4) is 5.75 Å². The van der Waals surface area contributed by atoms with Gasteiger partial charge in [0.2, 0.25) is 5.75 Å². The molecule has 1 aromatic rings. The summed E-state index contributed by atoms with van der Waals surface area (Å²) in [6, 6.07) is 4.90. The van der Waals surface area contributed by atoms with Crippen LogP contribution in [0.1, 0.15) is 26.7 Å². The second kappa shape index (κ2) is 5.09. The number of halogens is 1. The molecule has 0 saturated heterocycles. The fourth-order valence-electron chi connectivity index (χ4n) is 2.42. The number of nitrogens with two attached hydrogens (primary N) is 1. The van der Waals surface area contributed by atoms with E-state index in [0.717, 1.165) is 12.8 Å². The van der Waals surface area contributed by atoms with E-state index >= 15 is 0 Å². The Hall–Kier alpha value is -1.14. The average molecular weight is 329 g/mol. The van der Waals surface area contributed by atoms with Crippen molar-refractivity contribution in [2.24, 2.45) is 11.1 Å². The van der Waals surface area contributed by atoms with Gasteiger partial charge < -0.3 is 10.5 Å². The van der Waals surface area contributed by atoms with Crippen molar-refractivity contribution in [2.45, 2.75) is 38.8 Å². The molecule has 0 aliphatic heterocycles. The minimum absolute atomic E-state index is 0.0201. The van der Waals surface area contributed by atoms with Gasteiger partial charge in [0, 0.05) is 23.9 Å². The monoisotopic (exact) mass is 328 g/mol. The molecule has 0 amide bonds. The number of nitro benzene ring substituents is 1. The molecule has 2 rings (SSSR count). The predicted molar refractivity (Wildman–Crippen MR) is 76.2 cm³/mol. The number of rotatable bonds is 4. The number of nitro groups is 1. The van der Waals surface area contributed by atoms with Gasteiger partial charge in [-0.15, -0.1) is 0 Å². The van der Waals surface area contributed by atoms with E-state index in [4.69, 9.17) is 10.5 Å². The van der Waals surface area contributed by atoms with Gasteiger partial charge >= 0.3 is 5.69 Å². The highest BCUT2D eigenvalue weighted by Gasteiger charge is 2.50. The SMILES string of the molecule is CCC1(C)C(N)CC1Oc1c(Br)cccc1[N+](=O)[O-]. The first-order valence-corrected chi connectivity index (χ1v) is 7.04. The first kappa shape index (κ1) is 14.3. The Morgan fingerprint density at radius 1 is 1.63 bits per heavy atom. The molecule has 0 spiro atoms. The van der Waals surface area contributed by atoms with Crippen molar-refractivity contribution in [3.05, 3.63) is 32.8 Å². The summed E-state index contributed by atoms with van der Waals surface area (Å²) in [6.07, 6.45) is 1.53. The molecule has 3 unspecified atom stereocenters. The lowest BCUT2D eigenvalue weighted by molar-refractivity contribution is -0.386. The third-order valence-electron chi connectivity index (χ3n) is 4.22. The number of benzene rings is 1. The number of hydrogen-bond acceptors (Lipinski definition) is 4. The van der Waals surface area contributed by atoms with Crippen LogP contribution in [0, 0.1) is 15.5 Å². The maximum atomic E-state index is 11.0. The Morgan fingerprint density at radius 3 is 2.84 bits per heavy atom. The topological polar surface area (TPSA) is 78.4 Å². The first-order valence-electron chi connectivity index (χ1n) is 6.25. The van der Waals surface area contributed by atoms with Crippen LogP contribution in [0.5, 0.6) is 5.75 Å². The molecule has 0 heterocycles. The van der Waals surface area contributed by atoms with Crippen LogP contribution in [-0.2, 0) is 0 Å². The molecule has 104 valence electrons. The van der Waals surface area contributed by atoms with Crippen LogP contribution in [0.25, 0.3) is 0 Å². The van der Waals surface area contributed by atoms with E-state index in [1.54, 1.807) is 12.1 Å². The smallest absolute Gasteiger partial charge is 0.312 e. The third-order valence-corrected chi connectivity index (χ3v) is 4.84. The summed E-state index contributed by atoms with van der Waals surface area (Å²) < 4.78 is 6.48. The lowest BCUT2D eigenvalue weighted by Crippen LogP contribution is -2.61. The highest BCUT2D eigenvalue weighted by Crippen LogP contribution is 2.47. The molecule has 1 aromatic carbocycles. The van der Waals surface area contributed by atoms with Crippen LogP contribution >= 0.6 is 15.9 Å². The Balaban J connectivity index is 2.28. The summed E-state index contributed by atoms with van der Waals surface area (Å²) in [7, 11) is 0. The average Bonchev–Trinajstić information content (AvgIpc) is 2.38. The maximum absolute atomic E-state index is 11.0. The second-order valence-electron chi connectivity index (χ2n) is 5.15. The molecule has 5 nitrogen and oxygen atoms in total. The van der Waals surface area contributed by atoms with E-state index in [1.165, 1.54) is 6.07 Å². The summed E-state index contributed by atoms with van der Waals surface area (Å²) in [6.45, 7) is 4.12. The number of nitrogens with zero attached hydrogens (tertiary/aromatic N) is 1. The van der Waals surface area contributed by atoms with Crippen LogP contribution in [0.3, 0.4) is 0 Å². The van der Waals surface area contributed by atoms with E-state index in [0.29, 0.717) is 10.2 Å². The third kappa shape index (κ3) is 2.34. The fraction of sp³-hybridized carbons (Fsp3) is 0.538. The molecule has 0 aromatic heterocycles. The van der Waals surface area contributed by atoms with E-state index in [-0.39, 0.29) is 23.2 Å². The summed E-state index contributed by atoms with van der Waals surface area (Å²) in [5, 5.41) is 11.0. The minimum Gasteiger partial charge on any atom is -0.482 e. The lowest BCUT2D eigenvalue weighted by atomic mass is 9.62. The van der Waals surface area contributed by atoms with Crippen LogP contribution in [0.15, 0.2) is 22.7 Å². The molecular weight excluding hydrogens is 312 g/mol. The minimum atomic E-state index is -0.429. The molecule has 6 heteroatoms. The Bertz CT molecular complexity index is 509. The van der Waals surface area contributed by atoms with Gasteiger partial charge in [-0.05, 0) is 28.4 Å². The maximum Gasteiger partial charge on any atom is 0.312 e. The zero-order valence-corrected chi connectivity index (χ0v) is 12.5. The van der Waals surface area contributed by atoms with Crippen LogP contribution in [0.4, 0.5) is 5.69 Å². The zero-order valence-electron chi connectivity index (χ0n) is 10.9. The summed E-state index contributed by atoms with van der Waals surface area (Å²) in [5.41, 5.74) is 5.88. The molecule has 2 N–H and O–H groups in total. The Kier molecular flexibility index (Phi) is 3.82. The summed E-state index contributed by atoms with van der Waals surface area (Å²) in [5.74, 6) is 0.295. The standard InChI is InChI=1S/C13H17BrN2O3/c1-3-13(2)10(15)7-11(13)19-12-8(14)5-4-6-9(12)16(17)18/h4-6,10-11H,3,7,15H2,1-2H3. The van der Waals surface area contributed by atoms with E-state index in [9.17, 15) is 10.1 Å². The van der Waals surface area contributed by atoms with E-state index < -0.39 is 4.92 Å². The molecule has 1 aliphatic rings. The van der Waals surface area contributed by atoms with Crippen LogP contribution < -0.4 is 10.5 Å². The molecule has 19 heavy (non-hydrogen) atoms. The largest absolute Gasteiger partial charge is 0.482 e. The highest BCUT2D eigenvalue weighted by atomic mass is 79.9. The van der Waals surface area contributed by atoms with Crippen molar-refractivity contribution in [3.63, 3.8) is 0 Å². The second-order valence-corrected chi connectivity index (χ2v) is 6.01. The molecule has 0 bridgehead atoms. The van der Waals surface area contributed by atoms with E-state index in [2.05, 4.69) is 29.8 Å². The zero-order chi connectivity index (χ0) is 14.2. The fourth-order valence-corrected chi connectivity index (χ4v) is 2.87. The van der Waals surface area contributed by atoms with Crippen LogP contribution in [-0.4, -0.2) is 17.1 Å². The number of para-hydroxylation sites is 1.